The molecule has 0 aliphatic carbocycles. The van der Waals surface area contributed by atoms with Crippen molar-refractivity contribution in [3.63, 3.8) is 0 Å². The van der Waals surface area contributed by atoms with E-state index in [9.17, 15) is 0 Å². The van der Waals surface area contributed by atoms with Crippen molar-refractivity contribution in [1.82, 2.24) is 10.2 Å². The number of nitrogens with zero attached hydrogens (tertiary/aromatic N) is 2. The normalized spacial score (nSPS) is 8.12. The van der Waals surface area contributed by atoms with Gasteiger partial charge >= 0.3 is 19.5 Å². The molecule has 0 aliphatic rings. The van der Waals surface area contributed by atoms with E-state index in [1.165, 1.54) is 0 Å². The Balaban J connectivity index is 0.000000490. The summed E-state index contributed by atoms with van der Waals surface area (Å²) in [5.74, 6) is 0.519. The predicted octanol–water partition coefficient (Wildman–Crippen LogP) is 0.667. The molecule has 45 valence electrons. The second-order valence-corrected chi connectivity index (χ2v) is 1.44. The van der Waals surface area contributed by atoms with E-state index >= 15 is 0 Å². The first kappa shape index (κ1) is 7.98. The molecule has 0 N–H and O–H groups in total. The molecule has 0 aromatic carbocycles. The van der Waals surface area contributed by atoms with E-state index in [1.54, 1.807) is 6.92 Å². The predicted molar refractivity (Wildman–Crippen MR) is 25.4 cm³/mol. The van der Waals surface area contributed by atoms with Crippen molar-refractivity contribution in [3.8, 4) is 0 Å². The maximum atomic E-state index is 4.68. The molecule has 0 saturated heterocycles. The maximum Gasteiger partial charge on any atom is 1.00 e. The number of hydrogen-bond donors (Lipinski definition) is 0. The first-order valence-corrected chi connectivity index (χ1v) is 2.17. The molecule has 0 bridgehead atoms. The van der Waals surface area contributed by atoms with E-state index in [1.807, 2.05) is 0 Å². The molecule has 0 fully saturated rings. The number of hydrogen-bond acceptors (Lipinski definition) is 3. The molecule has 1 aromatic heterocycles. The van der Waals surface area contributed by atoms with Crippen LogP contribution in [0.2, 0.25) is 0 Å². The molecule has 1 rings (SSSR count). The van der Waals surface area contributed by atoms with Crippen molar-refractivity contribution in [2.24, 2.45) is 0 Å². The van der Waals surface area contributed by atoms with Crippen molar-refractivity contribution in [2.75, 3.05) is 0 Å². The van der Waals surface area contributed by atoms with Gasteiger partial charge in [-0.15, -0.1) is 0 Å². The van der Waals surface area contributed by atoms with Crippen LogP contribution in [0.3, 0.4) is 0 Å². The van der Waals surface area contributed by atoms with Crippen LogP contribution in [0.1, 0.15) is 5.89 Å². The van der Waals surface area contributed by atoms with E-state index in [0.717, 1.165) is 0 Å². The summed E-state index contributed by atoms with van der Waals surface area (Å²) in [5.41, 5.74) is 0. The van der Waals surface area contributed by atoms with Crippen molar-refractivity contribution in [3.05, 3.63) is 10.7 Å². The molecule has 3 nitrogen and oxygen atoms in total. The minimum atomic E-state index is 0. The minimum absolute atomic E-state index is 0. The zero-order valence-electron chi connectivity index (χ0n) is 4.06. The Hall–Kier alpha value is -0.0166. The molecule has 5 heteroatoms. The fourth-order valence-electron chi connectivity index (χ4n) is 0.278. The van der Waals surface area contributed by atoms with Crippen LogP contribution in [0.15, 0.2) is 4.42 Å². The van der Waals surface area contributed by atoms with Gasteiger partial charge in [-0.25, -0.2) is 0 Å². The fraction of sp³-hybridized carbons (Fsp3) is 0.333. The number of rotatable bonds is 0. The summed E-state index contributed by atoms with van der Waals surface area (Å²) in [6.07, 6.45) is 0. The summed E-state index contributed by atoms with van der Waals surface area (Å²) in [7, 11) is 0. The first-order valence-electron chi connectivity index (χ1n) is 1.76. The Morgan fingerprint density at radius 2 is 2.38 bits per heavy atom. The largest absolute Gasteiger partial charge is 1.00 e. The number of aromatic nitrogens is 2. The van der Waals surface area contributed by atoms with Crippen molar-refractivity contribution < 1.29 is 23.9 Å². The van der Waals surface area contributed by atoms with Gasteiger partial charge in [-0.1, -0.05) is 12.2 Å². The zero-order valence-corrected chi connectivity index (χ0v) is 6.62. The molecule has 0 spiro atoms. The molecular weight excluding hydrogens is 213 g/mol. The van der Waals surface area contributed by atoms with E-state index in [4.69, 9.17) is 0 Å². The van der Waals surface area contributed by atoms with Crippen LogP contribution in [0.25, 0.3) is 0 Å². The third-order valence-electron chi connectivity index (χ3n) is 0.507. The molecule has 1 radical (unpaired) electrons. The van der Waals surface area contributed by atoms with E-state index in [-0.39, 0.29) is 24.3 Å². The third-order valence-corrected chi connectivity index (χ3v) is 0.672. The minimum Gasteiger partial charge on any atom is -0.532 e. The van der Waals surface area contributed by atoms with Crippen LogP contribution in [-0.2, 0) is 19.5 Å². The van der Waals surface area contributed by atoms with Gasteiger partial charge in [0.2, 0.25) is 0 Å². The Morgan fingerprint density at radius 1 is 1.75 bits per heavy atom. The van der Waals surface area contributed by atoms with Crippen molar-refractivity contribution in [1.29, 1.82) is 0 Å². The van der Waals surface area contributed by atoms with E-state index < -0.39 is 0 Å². The fourth-order valence-corrected chi connectivity index (χ4v) is 0.440. The van der Waals surface area contributed by atoms with Crippen LogP contribution >= 0.6 is 12.2 Å². The van der Waals surface area contributed by atoms with Crippen LogP contribution < -0.4 is 5.10 Å². The van der Waals surface area contributed by atoms with E-state index in [2.05, 4.69) is 26.8 Å². The standard InChI is InChI=1S/C3H4N2OS.Ru/c1-2-4-5-3(7)6-2;/h1H3,(H,5,7);/q;+1/p-1. The van der Waals surface area contributed by atoms with Gasteiger partial charge in [0.25, 0.3) is 0 Å². The number of aryl methyl sites for hydroxylation is 1. The smallest absolute Gasteiger partial charge is 0.532 e. The van der Waals surface area contributed by atoms with E-state index in [0.29, 0.717) is 5.89 Å². The summed E-state index contributed by atoms with van der Waals surface area (Å²) < 4.78 is 4.68. The topological polar surface area (TPSA) is 40.1 Å². The monoisotopic (exact) mass is 217 g/mol. The van der Waals surface area contributed by atoms with Crippen molar-refractivity contribution in [2.45, 2.75) is 6.92 Å². The van der Waals surface area contributed by atoms with Gasteiger partial charge < -0.3 is 14.6 Å². The van der Waals surface area contributed by atoms with Gasteiger partial charge in [-0.05, 0) is 0 Å². The van der Waals surface area contributed by atoms with Gasteiger partial charge in [0, 0.05) is 6.92 Å². The Bertz CT molecular complexity index is 205. The summed E-state index contributed by atoms with van der Waals surface area (Å²) in [6.45, 7) is 1.70. The molecule has 0 saturated carbocycles. The molecule has 1 aromatic rings. The van der Waals surface area contributed by atoms with Crippen LogP contribution in [0.4, 0.5) is 0 Å². The third kappa shape index (κ3) is 1.84. The van der Waals surface area contributed by atoms with Gasteiger partial charge in [0.15, 0.2) is 5.89 Å². The van der Waals surface area contributed by atoms with Crippen LogP contribution in [-0.4, -0.2) is 5.10 Å². The molecule has 0 aliphatic heterocycles. The zero-order chi connectivity index (χ0) is 5.28. The second kappa shape index (κ2) is 3.10. The molecule has 0 atom stereocenters. The first-order chi connectivity index (χ1) is 3.29. The van der Waals surface area contributed by atoms with Crippen LogP contribution in [0.5, 0.6) is 0 Å². The average molecular weight is 216 g/mol. The van der Waals surface area contributed by atoms with Gasteiger partial charge in [-0.3, -0.25) is 0 Å². The average Bonchev–Trinajstić information content (AvgIpc) is 1.87. The van der Waals surface area contributed by atoms with Crippen molar-refractivity contribution >= 4 is 12.2 Å². The molecule has 8 heavy (non-hydrogen) atoms. The summed E-state index contributed by atoms with van der Waals surface area (Å²) in [5, 5.41) is 6.91. The quantitative estimate of drug-likeness (QED) is 0.472. The second-order valence-electron chi connectivity index (χ2n) is 1.09. The van der Waals surface area contributed by atoms with Gasteiger partial charge in [0.1, 0.15) is 4.84 Å². The Kier molecular flexibility index (Phi) is 3.09. The van der Waals surface area contributed by atoms with Crippen LogP contribution in [0, 0.1) is 11.8 Å². The molecular formula is C3H3N2ORuS. The SMILES string of the molecule is Cc1n[n-]c(=S)o1.[Ru+]. The Labute approximate surface area is 64.2 Å². The van der Waals surface area contributed by atoms with Gasteiger partial charge in [0.05, 0.1) is 0 Å². The molecule has 1 heterocycles. The molecule has 0 amide bonds. The Morgan fingerprint density at radius 3 is 2.50 bits per heavy atom. The maximum absolute atomic E-state index is 4.68. The van der Waals surface area contributed by atoms with Gasteiger partial charge in [-0.2, -0.15) is 0 Å². The summed E-state index contributed by atoms with van der Waals surface area (Å²) >= 11 is 4.49. The molecule has 0 unspecified atom stereocenters. The summed E-state index contributed by atoms with van der Waals surface area (Å²) in [6, 6.07) is 0. The summed E-state index contributed by atoms with van der Waals surface area (Å²) in [4.78, 5) is 0.206.